The van der Waals surface area contributed by atoms with Gasteiger partial charge in [-0.25, -0.2) is 0 Å². The average molecular weight is 389 g/mol. The van der Waals surface area contributed by atoms with Crippen LogP contribution in [-0.2, 0) is 9.59 Å². The largest absolute Gasteiger partial charge is 0.507 e. The van der Waals surface area contributed by atoms with Gasteiger partial charge in [0, 0.05) is 12.1 Å². The number of hydrogen-bond donors (Lipinski definition) is 1. The Bertz CT molecular complexity index is 991. The molecule has 1 heterocycles. The van der Waals surface area contributed by atoms with Gasteiger partial charge in [0.05, 0.1) is 11.6 Å². The number of carbonyl (C=O) groups excluding carboxylic acids is 2. The van der Waals surface area contributed by atoms with Gasteiger partial charge in [-0.15, -0.1) is 6.58 Å². The van der Waals surface area contributed by atoms with Gasteiger partial charge in [-0.1, -0.05) is 49.1 Å². The van der Waals surface area contributed by atoms with Crippen LogP contribution >= 0.6 is 0 Å². The van der Waals surface area contributed by atoms with Crippen LogP contribution in [0.4, 0.5) is 0 Å². The molecule has 2 aromatic carbocycles. The maximum atomic E-state index is 12.8. The number of aliphatic hydroxyl groups excluding tert-OH is 1. The smallest absolute Gasteiger partial charge is 0.295 e. The Morgan fingerprint density at radius 3 is 2.48 bits per heavy atom. The summed E-state index contributed by atoms with van der Waals surface area (Å²) >= 11 is 0. The average Bonchev–Trinajstić information content (AvgIpc) is 2.98. The second-order valence-electron chi connectivity index (χ2n) is 6.73. The molecule has 0 bridgehead atoms. The van der Waals surface area contributed by atoms with Gasteiger partial charge in [0.1, 0.15) is 18.1 Å². The highest BCUT2D eigenvalue weighted by atomic mass is 16.5. The first kappa shape index (κ1) is 20.1. The van der Waals surface area contributed by atoms with Crippen LogP contribution in [0, 0.1) is 6.92 Å². The SMILES string of the molecule is C=CCOc1ccc(C(O)=C2C(=O)C(=O)N(CC=C)[C@@H]2c2ccccc2)c(C)c1. The van der Waals surface area contributed by atoms with Crippen LogP contribution in [0.2, 0.25) is 0 Å². The fourth-order valence-corrected chi connectivity index (χ4v) is 3.48. The molecule has 1 fully saturated rings. The second-order valence-corrected chi connectivity index (χ2v) is 6.73. The zero-order valence-corrected chi connectivity index (χ0v) is 16.3. The zero-order valence-electron chi connectivity index (χ0n) is 16.3. The summed E-state index contributed by atoms with van der Waals surface area (Å²) in [7, 11) is 0. The highest BCUT2D eigenvalue weighted by Gasteiger charge is 2.45. The molecular weight excluding hydrogens is 366 g/mol. The molecule has 1 N–H and O–H groups in total. The second kappa shape index (κ2) is 8.61. The Labute approximate surface area is 170 Å². The van der Waals surface area contributed by atoms with E-state index in [0.29, 0.717) is 17.9 Å². The predicted octanol–water partition coefficient (Wildman–Crippen LogP) is 4.17. The Kier molecular flexibility index (Phi) is 5.98. The molecule has 1 saturated heterocycles. The quantitative estimate of drug-likeness (QED) is 0.334. The van der Waals surface area contributed by atoms with E-state index in [-0.39, 0.29) is 17.9 Å². The number of amides is 1. The van der Waals surface area contributed by atoms with Crippen LogP contribution in [0.5, 0.6) is 5.75 Å². The third-order valence-electron chi connectivity index (χ3n) is 4.80. The van der Waals surface area contributed by atoms with E-state index < -0.39 is 17.7 Å². The summed E-state index contributed by atoms with van der Waals surface area (Å²) in [6.45, 7) is 9.68. The van der Waals surface area contributed by atoms with Crippen molar-refractivity contribution in [2.24, 2.45) is 0 Å². The van der Waals surface area contributed by atoms with Crippen LogP contribution in [0.3, 0.4) is 0 Å². The molecule has 29 heavy (non-hydrogen) atoms. The van der Waals surface area contributed by atoms with Crippen molar-refractivity contribution >= 4 is 17.4 Å². The molecule has 5 heteroatoms. The molecule has 2 aromatic rings. The Hall–Kier alpha value is -3.60. The van der Waals surface area contributed by atoms with E-state index >= 15 is 0 Å². The van der Waals surface area contributed by atoms with E-state index in [1.54, 1.807) is 30.4 Å². The molecule has 1 atom stereocenters. The van der Waals surface area contributed by atoms with Crippen molar-refractivity contribution in [3.05, 3.63) is 96.1 Å². The maximum absolute atomic E-state index is 12.8. The lowest BCUT2D eigenvalue weighted by Gasteiger charge is -2.24. The van der Waals surface area contributed by atoms with E-state index in [9.17, 15) is 14.7 Å². The first-order valence-electron chi connectivity index (χ1n) is 9.28. The summed E-state index contributed by atoms with van der Waals surface area (Å²) in [6, 6.07) is 13.7. The summed E-state index contributed by atoms with van der Waals surface area (Å²) < 4.78 is 5.52. The molecule has 0 radical (unpaired) electrons. The molecular formula is C24H23NO4. The molecule has 148 valence electrons. The number of Topliss-reactive ketones (excluding diaryl/α,β-unsaturated/α-hetero) is 1. The number of rotatable bonds is 7. The Morgan fingerprint density at radius 1 is 1.14 bits per heavy atom. The third kappa shape index (κ3) is 3.85. The van der Waals surface area contributed by atoms with E-state index in [4.69, 9.17) is 4.74 Å². The molecule has 1 aliphatic rings. The number of likely N-dealkylation sites (tertiary alicyclic amines) is 1. The van der Waals surface area contributed by atoms with E-state index in [2.05, 4.69) is 13.2 Å². The van der Waals surface area contributed by atoms with Crippen molar-refractivity contribution in [2.45, 2.75) is 13.0 Å². The van der Waals surface area contributed by atoms with Gasteiger partial charge in [-0.05, 0) is 36.2 Å². The minimum Gasteiger partial charge on any atom is -0.507 e. The highest BCUT2D eigenvalue weighted by Crippen LogP contribution is 2.39. The molecule has 0 unspecified atom stereocenters. The molecule has 5 nitrogen and oxygen atoms in total. The highest BCUT2D eigenvalue weighted by molar-refractivity contribution is 6.46. The fourth-order valence-electron chi connectivity index (χ4n) is 3.48. The van der Waals surface area contributed by atoms with Gasteiger partial charge in [0.2, 0.25) is 0 Å². The monoisotopic (exact) mass is 389 g/mol. The summed E-state index contributed by atoms with van der Waals surface area (Å²) in [5, 5.41) is 11.1. The topological polar surface area (TPSA) is 66.8 Å². The van der Waals surface area contributed by atoms with E-state index in [0.717, 1.165) is 11.1 Å². The van der Waals surface area contributed by atoms with E-state index in [1.165, 1.54) is 4.90 Å². The normalized spacial score (nSPS) is 18.0. The summed E-state index contributed by atoms with van der Waals surface area (Å²) in [6.07, 6.45) is 3.21. The van der Waals surface area contributed by atoms with Gasteiger partial charge >= 0.3 is 0 Å². The lowest BCUT2D eigenvalue weighted by Crippen LogP contribution is -2.29. The summed E-state index contributed by atoms with van der Waals surface area (Å²) in [4.78, 5) is 26.9. The Balaban J connectivity index is 2.13. The van der Waals surface area contributed by atoms with Crippen molar-refractivity contribution < 1.29 is 19.4 Å². The lowest BCUT2D eigenvalue weighted by molar-refractivity contribution is -0.139. The van der Waals surface area contributed by atoms with Crippen molar-refractivity contribution in [1.29, 1.82) is 0 Å². The number of aliphatic hydroxyl groups is 1. The number of carbonyl (C=O) groups is 2. The molecule has 0 aliphatic carbocycles. The summed E-state index contributed by atoms with van der Waals surface area (Å²) in [5.74, 6) is -0.921. The first-order chi connectivity index (χ1) is 14.0. The minimum atomic E-state index is -0.704. The number of ether oxygens (including phenoxy) is 1. The molecule has 0 saturated carbocycles. The van der Waals surface area contributed by atoms with Gasteiger partial charge in [0.25, 0.3) is 11.7 Å². The standard InChI is InChI=1S/C24H23NO4/c1-4-13-25-21(17-9-7-6-8-10-17)20(23(27)24(25)28)22(26)19-12-11-18(15-16(19)3)29-14-5-2/h4-12,15,21,26H,1-2,13-14H2,3H3/t21-/m1/s1. The molecule has 3 rings (SSSR count). The van der Waals surface area contributed by atoms with E-state index in [1.807, 2.05) is 37.3 Å². The molecule has 1 amide bonds. The molecule has 0 aromatic heterocycles. The van der Waals surface area contributed by atoms with Gasteiger partial charge < -0.3 is 14.7 Å². The molecule has 0 spiro atoms. The van der Waals surface area contributed by atoms with Crippen molar-refractivity contribution in [3.63, 3.8) is 0 Å². The van der Waals surface area contributed by atoms with Crippen LogP contribution in [0.25, 0.3) is 5.76 Å². The third-order valence-corrected chi connectivity index (χ3v) is 4.80. The van der Waals surface area contributed by atoms with Crippen LogP contribution in [-0.4, -0.2) is 34.8 Å². The van der Waals surface area contributed by atoms with Crippen molar-refractivity contribution in [1.82, 2.24) is 4.90 Å². The number of nitrogens with zero attached hydrogens (tertiary/aromatic N) is 1. The van der Waals surface area contributed by atoms with Gasteiger partial charge in [-0.2, -0.15) is 0 Å². The Morgan fingerprint density at radius 2 is 1.86 bits per heavy atom. The minimum absolute atomic E-state index is 0.0749. The predicted molar refractivity (Wildman–Crippen MR) is 113 cm³/mol. The van der Waals surface area contributed by atoms with Gasteiger partial charge in [-0.3, -0.25) is 9.59 Å². The van der Waals surface area contributed by atoms with Gasteiger partial charge in [0.15, 0.2) is 0 Å². The molecule has 1 aliphatic heterocycles. The van der Waals surface area contributed by atoms with Crippen molar-refractivity contribution in [2.75, 3.05) is 13.2 Å². The number of hydrogen-bond acceptors (Lipinski definition) is 4. The fraction of sp³-hybridized carbons (Fsp3) is 0.167. The van der Waals surface area contributed by atoms with Crippen LogP contribution in [0.15, 0.2) is 79.4 Å². The lowest BCUT2D eigenvalue weighted by atomic mass is 9.94. The first-order valence-corrected chi connectivity index (χ1v) is 9.28. The number of benzene rings is 2. The van der Waals surface area contributed by atoms with Crippen LogP contribution < -0.4 is 4.74 Å². The van der Waals surface area contributed by atoms with Crippen molar-refractivity contribution in [3.8, 4) is 5.75 Å². The van der Waals surface area contributed by atoms with Crippen LogP contribution in [0.1, 0.15) is 22.7 Å². The zero-order chi connectivity index (χ0) is 21.0. The number of aryl methyl sites for hydroxylation is 1. The number of ketones is 1. The summed E-state index contributed by atoms with van der Waals surface area (Å²) in [5.41, 5.74) is 2.03. The maximum Gasteiger partial charge on any atom is 0.295 e.